The molecule has 1 aliphatic heterocycles. The Kier molecular flexibility index (Phi) is 6.88. The average molecular weight is 441 g/mol. The molecule has 1 N–H and O–H groups in total. The van der Waals surface area contributed by atoms with Crippen molar-refractivity contribution in [1.82, 2.24) is 24.9 Å². The van der Waals surface area contributed by atoms with Crippen LogP contribution in [-0.4, -0.2) is 67.8 Å². The number of nitrogens with zero attached hydrogens (tertiary/aromatic N) is 5. The maximum atomic E-state index is 12.9. The summed E-state index contributed by atoms with van der Waals surface area (Å²) in [6.45, 7) is 1.87. The summed E-state index contributed by atoms with van der Waals surface area (Å²) in [5, 5.41) is 15.6. The Labute approximate surface area is 175 Å². The van der Waals surface area contributed by atoms with Gasteiger partial charge in [-0.2, -0.15) is 13.2 Å². The van der Waals surface area contributed by atoms with Gasteiger partial charge < -0.3 is 14.7 Å². The van der Waals surface area contributed by atoms with Crippen molar-refractivity contribution in [2.24, 2.45) is 13.0 Å². The molecular formula is C19H22F3N5O4. The Hall–Kier alpha value is -3.02. The minimum absolute atomic E-state index is 0.0283. The molecule has 0 radical (unpaired) electrons. The molecule has 1 fully saturated rings. The second kappa shape index (κ2) is 9.41. The minimum atomic E-state index is -5.08. The van der Waals surface area contributed by atoms with Gasteiger partial charge in [-0.05, 0) is 30.9 Å². The first kappa shape index (κ1) is 22.7. The molecule has 0 aromatic carbocycles. The molecule has 1 aliphatic carbocycles. The maximum absolute atomic E-state index is 12.9. The van der Waals surface area contributed by atoms with Crippen molar-refractivity contribution in [2.45, 2.75) is 31.5 Å². The highest BCUT2D eigenvalue weighted by atomic mass is 19.4. The van der Waals surface area contributed by atoms with Crippen LogP contribution in [0.2, 0.25) is 0 Å². The van der Waals surface area contributed by atoms with Crippen molar-refractivity contribution in [1.29, 1.82) is 0 Å². The summed E-state index contributed by atoms with van der Waals surface area (Å²) in [4.78, 5) is 27.7. The summed E-state index contributed by atoms with van der Waals surface area (Å²) < 4.78 is 39.4. The molecule has 1 unspecified atom stereocenters. The first-order valence-corrected chi connectivity index (χ1v) is 9.65. The molecular weight excluding hydrogens is 419 g/mol. The number of ether oxygens (including phenoxy) is 1. The third-order valence-corrected chi connectivity index (χ3v) is 4.99. The summed E-state index contributed by atoms with van der Waals surface area (Å²) in [6, 6.07) is 3.39. The van der Waals surface area contributed by atoms with Crippen molar-refractivity contribution in [2.75, 3.05) is 19.8 Å². The number of carboxylic acid groups (broad SMARTS) is 1. The van der Waals surface area contributed by atoms with Crippen molar-refractivity contribution in [3.63, 3.8) is 0 Å². The highest BCUT2D eigenvalue weighted by Crippen LogP contribution is 2.32. The van der Waals surface area contributed by atoms with Gasteiger partial charge in [-0.25, -0.2) is 4.79 Å². The van der Waals surface area contributed by atoms with Gasteiger partial charge in [0.25, 0.3) is 5.91 Å². The molecule has 2 aromatic heterocycles. The van der Waals surface area contributed by atoms with Crippen LogP contribution in [0.4, 0.5) is 13.2 Å². The summed E-state index contributed by atoms with van der Waals surface area (Å²) in [5.74, 6) is -2.09. The van der Waals surface area contributed by atoms with E-state index in [4.69, 9.17) is 14.6 Å². The Morgan fingerprint density at radius 2 is 2.00 bits per heavy atom. The number of rotatable bonds is 5. The molecule has 1 atom stereocenters. The van der Waals surface area contributed by atoms with E-state index in [1.165, 1.54) is 12.8 Å². The molecule has 0 saturated heterocycles. The SMILES string of the molecule is Cn1nnc2c1CCN(C(=O)c1cccnc1)C2COCC1CC1.O=C(O)C(F)(F)F. The van der Waals surface area contributed by atoms with Gasteiger partial charge in [0, 0.05) is 39.0 Å². The first-order chi connectivity index (χ1) is 14.7. The van der Waals surface area contributed by atoms with Crippen LogP contribution >= 0.6 is 0 Å². The van der Waals surface area contributed by atoms with E-state index in [9.17, 15) is 18.0 Å². The van der Waals surface area contributed by atoms with Gasteiger partial charge in [0.15, 0.2) is 0 Å². The standard InChI is InChI=1S/C17H21N5O2.C2HF3O2/c1-21-14-6-8-22(17(23)13-3-2-7-18-9-13)15(16(14)19-20-21)11-24-10-12-4-5-12;3-2(4,5)1(6)7/h2-3,7,9,12,15H,4-6,8,10-11H2,1H3;(H,6,7). The second-order valence-corrected chi connectivity index (χ2v) is 7.33. The van der Waals surface area contributed by atoms with E-state index in [-0.39, 0.29) is 11.9 Å². The quantitative estimate of drug-likeness (QED) is 0.756. The first-order valence-electron chi connectivity index (χ1n) is 9.65. The molecule has 9 nitrogen and oxygen atoms in total. The number of carboxylic acids is 1. The molecule has 1 amide bonds. The molecule has 0 bridgehead atoms. The van der Waals surface area contributed by atoms with Gasteiger partial charge in [-0.1, -0.05) is 5.21 Å². The fourth-order valence-corrected chi connectivity index (χ4v) is 3.17. The fraction of sp³-hybridized carbons (Fsp3) is 0.526. The van der Waals surface area contributed by atoms with Gasteiger partial charge in [-0.15, -0.1) is 5.10 Å². The van der Waals surface area contributed by atoms with Crippen LogP contribution in [0.15, 0.2) is 24.5 Å². The summed E-state index contributed by atoms with van der Waals surface area (Å²) >= 11 is 0. The van der Waals surface area contributed by atoms with Crippen LogP contribution < -0.4 is 0 Å². The van der Waals surface area contributed by atoms with E-state index in [0.29, 0.717) is 24.6 Å². The molecule has 31 heavy (non-hydrogen) atoms. The number of hydrogen-bond donors (Lipinski definition) is 1. The number of amides is 1. The molecule has 4 rings (SSSR count). The van der Waals surface area contributed by atoms with E-state index in [1.807, 2.05) is 11.9 Å². The molecule has 168 valence electrons. The van der Waals surface area contributed by atoms with Gasteiger partial charge >= 0.3 is 12.1 Å². The lowest BCUT2D eigenvalue weighted by molar-refractivity contribution is -0.192. The zero-order valence-corrected chi connectivity index (χ0v) is 16.7. The van der Waals surface area contributed by atoms with E-state index < -0.39 is 12.1 Å². The number of fused-ring (bicyclic) bond motifs is 1. The topological polar surface area (TPSA) is 110 Å². The Morgan fingerprint density at radius 1 is 1.29 bits per heavy atom. The fourth-order valence-electron chi connectivity index (χ4n) is 3.17. The summed E-state index contributed by atoms with van der Waals surface area (Å²) in [5.41, 5.74) is 2.54. The van der Waals surface area contributed by atoms with E-state index in [2.05, 4.69) is 15.3 Å². The molecule has 2 aromatic rings. The van der Waals surface area contributed by atoms with Crippen LogP contribution in [0.3, 0.4) is 0 Å². The molecule has 1 saturated carbocycles. The number of alkyl halides is 3. The van der Waals surface area contributed by atoms with Crippen LogP contribution in [0.1, 0.15) is 40.6 Å². The molecule has 2 aliphatic rings. The lowest BCUT2D eigenvalue weighted by Crippen LogP contribution is -2.42. The Bertz CT molecular complexity index is 915. The number of pyridine rings is 1. The number of carbonyl (C=O) groups is 2. The lowest BCUT2D eigenvalue weighted by Gasteiger charge is -2.34. The number of aromatic nitrogens is 4. The maximum Gasteiger partial charge on any atom is 0.490 e. The van der Waals surface area contributed by atoms with E-state index in [1.54, 1.807) is 29.2 Å². The Morgan fingerprint density at radius 3 is 2.58 bits per heavy atom. The van der Waals surface area contributed by atoms with Crippen molar-refractivity contribution in [3.05, 3.63) is 41.5 Å². The largest absolute Gasteiger partial charge is 0.490 e. The van der Waals surface area contributed by atoms with E-state index >= 15 is 0 Å². The zero-order valence-electron chi connectivity index (χ0n) is 16.7. The van der Waals surface area contributed by atoms with Crippen LogP contribution in [0, 0.1) is 5.92 Å². The number of aryl methyl sites for hydroxylation is 1. The normalized spacial score (nSPS) is 18.1. The third-order valence-electron chi connectivity index (χ3n) is 4.99. The monoisotopic (exact) mass is 441 g/mol. The lowest BCUT2D eigenvalue weighted by atomic mass is 10.0. The van der Waals surface area contributed by atoms with Crippen LogP contribution in [0.25, 0.3) is 0 Å². The van der Waals surface area contributed by atoms with Gasteiger partial charge in [0.05, 0.1) is 17.9 Å². The second-order valence-electron chi connectivity index (χ2n) is 7.33. The number of hydrogen-bond acceptors (Lipinski definition) is 6. The highest BCUT2D eigenvalue weighted by Gasteiger charge is 2.38. The third kappa shape index (κ3) is 5.78. The van der Waals surface area contributed by atoms with Gasteiger partial charge in [0.1, 0.15) is 11.7 Å². The summed E-state index contributed by atoms with van der Waals surface area (Å²) in [6.07, 6.45) is 1.45. The molecule has 12 heteroatoms. The number of halogens is 3. The molecule has 3 heterocycles. The van der Waals surface area contributed by atoms with Crippen LogP contribution in [-0.2, 0) is 23.0 Å². The summed E-state index contributed by atoms with van der Waals surface area (Å²) in [7, 11) is 1.90. The van der Waals surface area contributed by atoms with Crippen LogP contribution in [0.5, 0.6) is 0 Å². The number of carbonyl (C=O) groups excluding carboxylic acids is 1. The van der Waals surface area contributed by atoms with E-state index in [0.717, 1.165) is 24.4 Å². The Balaban J connectivity index is 0.000000339. The van der Waals surface area contributed by atoms with Crippen molar-refractivity contribution >= 4 is 11.9 Å². The minimum Gasteiger partial charge on any atom is -0.475 e. The van der Waals surface area contributed by atoms with Gasteiger partial charge in [0.2, 0.25) is 0 Å². The molecule has 0 spiro atoms. The predicted octanol–water partition coefficient (Wildman–Crippen LogP) is 2.01. The van der Waals surface area contributed by atoms with Gasteiger partial charge in [-0.3, -0.25) is 14.5 Å². The van der Waals surface area contributed by atoms with Crippen molar-refractivity contribution in [3.8, 4) is 0 Å². The zero-order chi connectivity index (χ0) is 22.6. The average Bonchev–Trinajstić information content (AvgIpc) is 3.49. The van der Waals surface area contributed by atoms with Crippen molar-refractivity contribution < 1.29 is 32.6 Å². The highest BCUT2D eigenvalue weighted by molar-refractivity contribution is 5.94. The number of aliphatic carboxylic acids is 1. The predicted molar refractivity (Wildman–Crippen MR) is 100.0 cm³/mol. The smallest absolute Gasteiger partial charge is 0.475 e.